The zero-order chi connectivity index (χ0) is 55.6. The van der Waals surface area contributed by atoms with Gasteiger partial charge in [0.1, 0.15) is 18.2 Å². The van der Waals surface area contributed by atoms with E-state index in [0.717, 1.165) is 6.54 Å². The highest BCUT2D eigenvalue weighted by Crippen LogP contribution is 2.78. The van der Waals surface area contributed by atoms with Gasteiger partial charge in [-0.2, -0.15) is 5.09 Å². The quantitative estimate of drug-likeness (QED) is 0.0305. The van der Waals surface area contributed by atoms with Gasteiger partial charge in [-0.15, -0.1) is 0 Å². The molecule has 0 aliphatic carbocycles. The molecule has 0 bridgehead atoms. The summed E-state index contributed by atoms with van der Waals surface area (Å²) in [6, 6.07) is 67.1. The minimum absolute atomic E-state index is 0.843. The summed E-state index contributed by atoms with van der Waals surface area (Å²) < 4.78 is 0. The molecule has 0 aliphatic rings. The molecule has 0 saturated carbocycles. The largest absolute Gasteiger partial charge is 0.176 e. The van der Waals surface area contributed by atoms with Crippen molar-refractivity contribution in [2.45, 2.75) is 258 Å². The fraction of sp³-hybridized carbons (Fsp3) is 0.571. The minimum Gasteiger partial charge on any atom is -0.176 e. The van der Waals surface area contributed by atoms with Crippen LogP contribution in [0.1, 0.15) is 183 Å². The minimum atomic E-state index is -2.52. The topological polar surface area (TPSA) is 12.0 Å². The first-order valence-electron chi connectivity index (χ1n) is 32.3. The third kappa shape index (κ3) is 17.4. The van der Waals surface area contributed by atoms with E-state index >= 15 is 0 Å². The third-order valence-corrected chi connectivity index (χ3v) is 46.7. The fourth-order valence-corrected chi connectivity index (χ4v) is 43.8. The van der Waals surface area contributed by atoms with Gasteiger partial charge in [-0.25, -0.2) is 0 Å². The first-order valence-corrected chi connectivity index (χ1v) is 47.5. The molecular formula is C70H114NP2Si4+. The van der Waals surface area contributed by atoms with Crippen molar-refractivity contribution in [3.05, 3.63) is 133 Å². The standard InChI is InChI=1S/C70H114NP2Si4/c1-13-22-52-75(53-23-14-2,54-24-15-3)66-46-40-63(41-47-66)72(64-42-48-67(49-43-64)76(55-25-16-4,56-26-17-5)57-27-18-6)73(71-61-62-36-32-31-33-37-62,69-38-34-35-39-70(69)74(10,11)12)65-44-50-68(51-45-65)77(58-28-19-7,59-29-20-8)60-30-21-9/h31-51,71H,13-30,52-61H2,1-12H3/q+1. The van der Waals surface area contributed by atoms with Crippen LogP contribution in [0, 0.1) is 0 Å². The fourth-order valence-electron chi connectivity index (χ4n) is 13.3. The Balaban J connectivity index is 1.97. The molecule has 1 N–H and O–H groups in total. The van der Waals surface area contributed by atoms with Gasteiger partial charge in [-0.05, 0) is 28.9 Å². The molecule has 0 amide bonds. The highest BCUT2D eigenvalue weighted by atomic mass is 32.1. The molecule has 0 aromatic heterocycles. The first kappa shape index (κ1) is 65.6. The summed E-state index contributed by atoms with van der Waals surface area (Å²) in [7, 11) is -10.6. The van der Waals surface area contributed by atoms with Gasteiger partial charge in [0.15, 0.2) is 7.10 Å². The average molecular weight is 1140 g/mol. The van der Waals surface area contributed by atoms with Gasteiger partial charge in [-0.1, -0.05) is 377 Å². The van der Waals surface area contributed by atoms with Gasteiger partial charge in [0.25, 0.3) is 0 Å². The highest BCUT2D eigenvalue weighted by molar-refractivity contribution is 8.49. The van der Waals surface area contributed by atoms with Crippen molar-refractivity contribution in [1.82, 2.24) is 5.09 Å². The second kappa shape index (κ2) is 33.6. The van der Waals surface area contributed by atoms with Crippen molar-refractivity contribution in [2.24, 2.45) is 0 Å². The molecule has 1 unspecified atom stereocenters. The molecule has 77 heavy (non-hydrogen) atoms. The molecule has 5 aromatic carbocycles. The maximum absolute atomic E-state index is 4.80. The van der Waals surface area contributed by atoms with Crippen LogP contribution in [0.25, 0.3) is 0 Å². The Bertz CT molecular complexity index is 2220. The average Bonchev–Trinajstić information content (AvgIpc) is 3.52. The van der Waals surface area contributed by atoms with E-state index in [1.54, 1.807) is 42.0 Å². The molecule has 0 saturated heterocycles. The van der Waals surface area contributed by atoms with E-state index in [4.69, 9.17) is 5.09 Å². The maximum atomic E-state index is 4.80. The van der Waals surface area contributed by atoms with E-state index in [0.29, 0.717) is 0 Å². The summed E-state index contributed by atoms with van der Waals surface area (Å²) in [5.41, 5.74) is 1.38. The van der Waals surface area contributed by atoms with Crippen LogP contribution >= 0.6 is 14.7 Å². The van der Waals surface area contributed by atoms with Crippen LogP contribution in [0.4, 0.5) is 0 Å². The monoisotopic (exact) mass is 1140 g/mol. The normalized spacial score (nSPS) is 13.4. The van der Waals surface area contributed by atoms with E-state index in [-0.39, 0.29) is 0 Å². The van der Waals surface area contributed by atoms with Gasteiger partial charge in [0.2, 0.25) is 0 Å². The SMILES string of the molecule is CCCC[Si](CCCC)(CCCC)c1ccc(P(c2ccc([Si](CCCC)(CCCC)CCCC)cc2)[P+](NCc2ccccc2)(c2ccc([Si](CCCC)(CCCC)CCCC)cc2)c2ccccc2[Si](C)(C)C)cc1. The zero-order valence-corrected chi connectivity index (χ0v) is 57.6. The number of benzene rings is 5. The van der Waals surface area contributed by atoms with E-state index in [9.17, 15) is 0 Å². The summed E-state index contributed by atoms with van der Waals surface area (Å²) in [6.07, 6.45) is 23.9. The predicted molar refractivity (Wildman–Crippen MR) is 368 cm³/mol. The molecule has 5 aromatic rings. The Kier molecular flexibility index (Phi) is 28.7. The van der Waals surface area contributed by atoms with Crippen LogP contribution < -0.4 is 47.1 Å². The molecule has 0 aliphatic heterocycles. The van der Waals surface area contributed by atoms with Gasteiger partial charge in [0, 0.05) is 10.6 Å². The van der Waals surface area contributed by atoms with Crippen LogP contribution in [-0.2, 0) is 6.54 Å². The van der Waals surface area contributed by atoms with Gasteiger partial charge in [0.05, 0.1) is 38.8 Å². The first-order chi connectivity index (χ1) is 37.4. The number of unbranched alkanes of at least 4 members (excludes halogenated alkanes) is 9. The third-order valence-electron chi connectivity index (χ3n) is 18.1. The molecule has 0 heterocycles. The number of hydrogen-bond acceptors (Lipinski definition) is 1. The summed E-state index contributed by atoms with van der Waals surface area (Å²) in [6.45, 7) is 30.5. The van der Waals surface area contributed by atoms with Crippen LogP contribution in [0.2, 0.25) is 74.0 Å². The van der Waals surface area contributed by atoms with Gasteiger partial charge < -0.3 is 0 Å². The summed E-state index contributed by atoms with van der Waals surface area (Å²) in [5.74, 6) is 0. The molecule has 5 rings (SSSR count). The number of nitrogens with one attached hydrogen (secondary N) is 1. The molecular weight excluding hydrogens is 1030 g/mol. The summed E-state index contributed by atoms with van der Waals surface area (Å²) in [5, 5.41) is 17.9. The predicted octanol–water partition coefficient (Wildman–Crippen LogP) is 19.1. The van der Waals surface area contributed by atoms with Crippen LogP contribution in [-0.4, -0.2) is 32.3 Å². The Morgan fingerprint density at radius 1 is 0.351 bits per heavy atom. The zero-order valence-electron chi connectivity index (χ0n) is 51.8. The molecule has 1 atom stereocenters. The Labute approximate surface area is 482 Å². The van der Waals surface area contributed by atoms with Crippen LogP contribution in [0.15, 0.2) is 127 Å². The smallest absolute Gasteiger partial charge is 0.173 e. The second-order valence-electron chi connectivity index (χ2n) is 24.9. The van der Waals surface area contributed by atoms with Crippen LogP contribution in [0.3, 0.4) is 0 Å². The van der Waals surface area contributed by atoms with Gasteiger partial charge in [-0.3, -0.25) is 0 Å². The van der Waals surface area contributed by atoms with Crippen molar-refractivity contribution < 1.29 is 0 Å². The van der Waals surface area contributed by atoms with E-state index < -0.39 is 47.0 Å². The van der Waals surface area contributed by atoms with E-state index in [1.807, 2.05) is 0 Å². The van der Waals surface area contributed by atoms with Crippen molar-refractivity contribution >= 4 is 89.0 Å². The Hall–Kier alpha value is -2.21. The van der Waals surface area contributed by atoms with Crippen LogP contribution in [0.5, 0.6) is 0 Å². The lowest BCUT2D eigenvalue weighted by Crippen LogP contribution is -2.52. The van der Waals surface area contributed by atoms with Crippen molar-refractivity contribution in [3.8, 4) is 0 Å². The molecule has 424 valence electrons. The number of hydrogen-bond donors (Lipinski definition) is 1. The maximum Gasteiger partial charge on any atom is 0.173 e. The summed E-state index contributed by atoms with van der Waals surface area (Å²) >= 11 is 0. The molecule has 7 heteroatoms. The van der Waals surface area contributed by atoms with Gasteiger partial charge >= 0.3 is 0 Å². The summed E-state index contributed by atoms with van der Waals surface area (Å²) in [4.78, 5) is 0. The molecule has 0 spiro atoms. The molecule has 1 nitrogen and oxygen atoms in total. The second-order valence-corrected chi connectivity index (χ2v) is 51.1. The lowest BCUT2D eigenvalue weighted by molar-refractivity contribution is 0.800. The number of rotatable bonds is 39. The lowest BCUT2D eigenvalue weighted by atomic mass is 10.2. The highest BCUT2D eigenvalue weighted by Gasteiger charge is 2.55. The molecule has 0 fully saturated rings. The Morgan fingerprint density at radius 2 is 0.649 bits per heavy atom. The van der Waals surface area contributed by atoms with Crippen molar-refractivity contribution in [2.75, 3.05) is 0 Å². The molecule has 0 radical (unpaired) electrons. The van der Waals surface area contributed by atoms with Crippen molar-refractivity contribution in [1.29, 1.82) is 0 Å². The van der Waals surface area contributed by atoms with E-state index in [1.165, 1.54) is 176 Å². The van der Waals surface area contributed by atoms with E-state index in [2.05, 4.69) is 209 Å². The van der Waals surface area contributed by atoms with Crippen molar-refractivity contribution in [3.63, 3.8) is 0 Å². The lowest BCUT2D eigenvalue weighted by Gasteiger charge is -2.39. The Morgan fingerprint density at radius 3 is 0.961 bits per heavy atom.